The summed E-state index contributed by atoms with van der Waals surface area (Å²) in [6.45, 7) is 5.70. The van der Waals surface area contributed by atoms with Gasteiger partial charge in [0, 0.05) is 42.6 Å². The minimum Gasteiger partial charge on any atom is -0.368 e. The predicted molar refractivity (Wildman–Crippen MR) is 115 cm³/mol. The van der Waals surface area contributed by atoms with Gasteiger partial charge in [-0.2, -0.15) is 10.1 Å². The molecule has 0 saturated carbocycles. The fourth-order valence-corrected chi connectivity index (χ4v) is 3.50. The topological polar surface area (TPSA) is 57.2 Å². The summed E-state index contributed by atoms with van der Waals surface area (Å²) in [4.78, 5) is 9.22. The first-order valence-electron chi connectivity index (χ1n) is 9.52. The molecule has 28 heavy (non-hydrogen) atoms. The number of anilines is 4. The predicted octanol–water partition coefficient (Wildman–Crippen LogP) is 4.16. The Balaban J connectivity index is 1.40. The number of aryl methyl sites for hydroxylation is 1. The molecule has 0 spiro atoms. The molecular formula is C21H23ClN6. The molecule has 6 nitrogen and oxygen atoms in total. The summed E-state index contributed by atoms with van der Waals surface area (Å²) < 4.78 is 0. The van der Waals surface area contributed by atoms with E-state index in [1.54, 1.807) is 6.20 Å². The molecule has 1 N–H and O–H groups in total. The summed E-state index contributed by atoms with van der Waals surface area (Å²) in [5.74, 6) is 1.35. The highest BCUT2D eigenvalue weighted by Crippen LogP contribution is 2.23. The standard InChI is InChI=1S/C21H23ClN6/c1-2-16-6-8-18(9-7-16)24-21-25-20(15-23-26-21)28-12-10-27(11-13-28)19-5-3-4-17(22)14-19/h3-9,14-15H,2,10-13H2,1H3,(H,24,25,26). The highest BCUT2D eigenvalue weighted by atomic mass is 35.5. The SMILES string of the molecule is CCc1ccc(Nc2nncc(N3CCN(c4cccc(Cl)c4)CC3)n2)cc1. The molecular weight excluding hydrogens is 372 g/mol. The van der Waals surface area contributed by atoms with Gasteiger partial charge in [0.2, 0.25) is 5.95 Å². The molecule has 0 amide bonds. The molecule has 1 aliphatic heterocycles. The summed E-state index contributed by atoms with van der Waals surface area (Å²) in [7, 11) is 0. The molecule has 0 atom stereocenters. The van der Waals surface area contributed by atoms with E-state index in [-0.39, 0.29) is 0 Å². The lowest BCUT2D eigenvalue weighted by Crippen LogP contribution is -2.46. The number of nitrogens with one attached hydrogen (secondary N) is 1. The number of nitrogens with zero attached hydrogens (tertiary/aromatic N) is 5. The summed E-state index contributed by atoms with van der Waals surface area (Å²) in [6.07, 6.45) is 2.75. The zero-order valence-electron chi connectivity index (χ0n) is 15.8. The Labute approximate surface area is 170 Å². The van der Waals surface area contributed by atoms with Crippen LogP contribution in [0.5, 0.6) is 0 Å². The second kappa shape index (κ2) is 8.44. The van der Waals surface area contributed by atoms with Crippen LogP contribution < -0.4 is 15.1 Å². The molecule has 0 aliphatic carbocycles. The number of piperazine rings is 1. The fraction of sp³-hybridized carbons (Fsp3) is 0.286. The van der Waals surface area contributed by atoms with Gasteiger partial charge in [0.1, 0.15) is 0 Å². The second-order valence-electron chi connectivity index (χ2n) is 6.77. The highest BCUT2D eigenvalue weighted by molar-refractivity contribution is 6.30. The summed E-state index contributed by atoms with van der Waals surface area (Å²) in [5.41, 5.74) is 3.42. The highest BCUT2D eigenvalue weighted by Gasteiger charge is 2.19. The van der Waals surface area contributed by atoms with Crippen molar-refractivity contribution >= 4 is 34.7 Å². The van der Waals surface area contributed by atoms with Gasteiger partial charge >= 0.3 is 0 Å². The van der Waals surface area contributed by atoms with Gasteiger partial charge in [-0.15, -0.1) is 5.10 Å². The van der Waals surface area contributed by atoms with Crippen LogP contribution in [-0.4, -0.2) is 41.4 Å². The zero-order chi connectivity index (χ0) is 19.3. The maximum absolute atomic E-state index is 6.12. The molecule has 1 fully saturated rings. The smallest absolute Gasteiger partial charge is 0.249 e. The van der Waals surface area contributed by atoms with Crippen LogP contribution in [0.4, 0.5) is 23.1 Å². The van der Waals surface area contributed by atoms with E-state index in [2.05, 4.69) is 55.4 Å². The van der Waals surface area contributed by atoms with Crippen molar-refractivity contribution in [2.24, 2.45) is 0 Å². The molecule has 0 bridgehead atoms. The van der Waals surface area contributed by atoms with Gasteiger partial charge in [0.15, 0.2) is 5.82 Å². The van der Waals surface area contributed by atoms with Crippen LogP contribution in [0.15, 0.2) is 54.7 Å². The van der Waals surface area contributed by atoms with Gasteiger partial charge in [-0.25, -0.2) is 0 Å². The van der Waals surface area contributed by atoms with E-state index in [9.17, 15) is 0 Å². The van der Waals surface area contributed by atoms with Crippen LogP contribution in [0, 0.1) is 0 Å². The third kappa shape index (κ3) is 4.34. The van der Waals surface area contributed by atoms with Crippen molar-refractivity contribution in [2.45, 2.75) is 13.3 Å². The summed E-state index contributed by atoms with van der Waals surface area (Å²) >= 11 is 6.12. The average Bonchev–Trinajstić information content (AvgIpc) is 2.75. The van der Waals surface area contributed by atoms with Crippen molar-refractivity contribution in [3.05, 3.63) is 65.3 Å². The zero-order valence-corrected chi connectivity index (χ0v) is 16.6. The van der Waals surface area contributed by atoms with Gasteiger partial charge in [-0.3, -0.25) is 0 Å². The number of halogens is 1. The van der Waals surface area contributed by atoms with Crippen LogP contribution >= 0.6 is 11.6 Å². The molecule has 7 heteroatoms. The molecule has 144 valence electrons. The molecule has 1 aliphatic rings. The van der Waals surface area contributed by atoms with Crippen molar-refractivity contribution in [2.75, 3.05) is 41.3 Å². The molecule has 3 aromatic rings. The van der Waals surface area contributed by atoms with Crippen molar-refractivity contribution in [1.29, 1.82) is 0 Å². The van der Waals surface area contributed by atoms with Crippen LogP contribution in [-0.2, 0) is 6.42 Å². The van der Waals surface area contributed by atoms with Gasteiger partial charge in [-0.05, 0) is 42.3 Å². The normalized spacial score (nSPS) is 14.2. The summed E-state index contributed by atoms with van der Waals surface area (Å²) in [6, 6.07) is 16.3. The Bertz CT molecular complexity index is 922. The fourth-order valence-electron chi connectivity index (χ4n) is 3.32. The Morgan fingerprint density at radius 3 is 2.46 bits per heavy atom. The molecule has 0 unspecified atom stereocenters. The van der Waals surface area contributed by atoms with E-state index in [1.165, 1.54) is 5.56 Å². The van der Waals surface area contributed by atoms with Crippen molar-refractivity contribution in [3.63, 3.8) is 0 Å². The van der Waals surface area contributed by atoms with Crippen LogP contribution in [0.25, 0.3) is 0 Å². The first-order chi connectivity index (χ1) is 13.7. The lowest BCUT2D eigenvalue weighted by Gasteiger charge is -2.36. The van der Waals surface area contributed by atoms with E-state index in [4.69, 9.17) is 11.6 Å². The van der Waals surface area contributed by atoms with Crippen LogP contribution in [0.2, 0.25) is 5.02 Å². The quantitative estimate of drug-likeness (QED) is 0.701. The van der Waals surface area contributed by atoms with Crippen LogP contribution in [0.1, 0.15) is 12.5 Å². The van der Waals surface area contributed by atoms with Crippen molar-refractivity contribution < 1.29 is 0 Å². The Morgan fingerprint density at radius 1 is 1.00 bits per heavy atom. The number of hydrogen-bond acceptors (Lipinski definition) is 6. The number of benzene rings is 2. The van der Waals surface area contributed by atoms with Gasteiger partial charge in [-0.1, -0.05) is 36.7 Å². The molecule has 2 heterocycles. The largest absolute Gasteiger partial charge is 0.368 e. The Morgan fingerprint density at radius 2 is 1.75 bits per heavy atom. The first kappa shape index (κ1) is 18.5. The molecule has 2 aromatic carbocycles. The third-order valence-corrected chi connectivity index (χ3v) is 5.18. The van der Waals surface area contributed by atoms with E-state index in [0.29, 0.717) is 5.95 Å². The Hall–Kier alpha value is -2.86. The molecule has 1 aromatic heterocycles. The lowest BCUT2D eigenvalue weighted by atomic mass is 10.1. The van der Waals surface area contributed by atoms with Crippen LogP contribution in [0.3, 0.4) is 0 Å². The van der Waals surface area contributed by atoms with Gasteiger partial charge in [0.25, 0.3) is 0 Å². The molecule has 4 rings (SSSR count). The third-order valence-electron chi connectivity index (χ3n) is 4.94. The number of hydrogen-bond donors (Lipinski definition) is 1. The molecule has 0 radical (unpaired) electrons. The van der Waals surface area contributed by atoms with Crippen molar-refractivity contribution in [1.82, 2.24) is 15.2 Å². The lowest BCUT2D eigenvalue weighted by molar-refractivity contribution is 0.645. The monoisotopic (exact) mass is 394 g/mol. The molecule has 1 saturated heterocycles. The number of aromatic nitrogens is 3. The maximum Gasteiger partial charge on any atom is 0.249 e. The summed E-state index contributed by atoms with van der Waals surface area (Å²) in [5, 5.41) is 12.3. The van der Waals surface area contributed by atoms with Gasteiger partial charge < -0.3 is 15.1 Å². The van der Waals surface area contributed by atoms with E-state index < -0.39 is 0 Å². The van der Waals surface area contributed by atoms with E-state index in [1.807, 2.05) is 30.3 Å². The van der Waals surface area contributed by atoms with Gasteiger partial charge in [0.05, 0.1) is 6.20 Å². The number of rotatable bonds is 5. The van der Waals surface area contributed by atoms with E-state index in [0.717, 1.165) is 54.8 Å². The second-order valence-corrected chi connectivity index (χ2v) is 7.20. The Kier molecular flexibility index (Phi) is 5.58. The first-order valence-corrected chi connectivity index (χ1v) is 9.90. The maximum atomic E-state index is 6.12. The van der Waals surface area contributed by atoms with E-state index >= 15 is 0 Å². The van der Waals surface area contributed by atoms with Crippen molar-refractivity contribution in [3.8, 4) is 0 Å². The minimum absolute atomic E-state index is 0.513. The average molecular weight is 395 g/mol. The minimum atomic E-state index is 0.513.